The highest BCUT2D eigenvalue weighted by molar-refractivity contribution is 6.30. The second-order valence-electron chi connectivity index (χ2n) is 4.73. The lowest BCUT2D eigenvalue weighted by Crippen LogP contribution is -2.15. The Hall–Kier alpha value is -1.31. The standard InChI is InChI=1S/C16H18ClN/c1-11-4-3-5-15(12(11)2)16(18)10-13-6-8-14(17)9-7-13/h3-9,16H,10,18H2,1-2H3. The lowest BCUT2D eigenvalue weighted by Gasteiger charge is -2.16. The maximum atomic E-state index is 6.30. The van der Waals surface area contributed by atoms with Gasteiger partial charge in [0.15, 0.2) is 0 Å². The highest BCUT2D eigenvalue weighted by Crippen LogP contribution is 2.22. The number of rotatable bonds is 3. The van der Waals surface area contributed by atoms with Crippen LogP contribution >= 0.6 is 11.6 Å². The molecule has 0 aromatic heterocycles. The van der Waals surface area contributed by atoms with E-state index in [1.807, 2.05) is 24.3 Å². The van der Waals surface area contributed by atoms with Crippen molar-refractivity contribution in [3.05, 3.63) is 69.7 Å². The molecule has 2 aromatic carbocycles. The molecule has 2 heteroatoms. The van der Waals surface area contributed by atoms with Crippen molar-refractivity contribution >= 4 is 11.6 Å². The Kier molecular flexibility index (Phi) is 4.05. The Balaban J connectivity index is 2.19. The quantitative estimate of drug-likeness (QED) is 0.878. The summed E-state index contributed by atoms with van der Waals surface area (Å²) in [6.07, 6.45) is 0.835. The molecule has 94 valence electrons. The fourth-order valence-electron chi connectivity index (χ4n) is 2.16. The molecule has 0 aliphatic heterocycles. The summed E-state index contributed by atoms with van der Waals surface area (Å²) >= 11 is 5.88. The minimum absolute atomic E-state index is 0.0334. The Morgan fingerprint density at radius 3 is 2.39 bits per heavy atom. The van der Waals surface area contributed by atoms with Crippen molar-refractivity contribution in [3.8, 4) is 0 Å². The largest absolute Gasteiger partial charge is 0.324 e. The van der Waals surface area contributed by atoms with Crippen molar-refractivity contribution < 1.29 is 0 Å². The van der Waals surface area contributed by atoms with Gasteiger partial charge in [-0.1, -0.05) is 41.9 Å². The van der Waals surface area contributed by atoms with E-state index in [4.69, 9.17) is 17.3 Å². The van der Waals surface area contributed by atoms with Crippen molar-refractivity contribution in [2.24, 2.45) is 5.73 Å². The molecule has 0 spiro atoms. The van der Waals surface area contributed by atoms with Gasteiger partial charge < -0.3 is 5.73 Å². The van der Waals surface area contributed by atoms with E-state index in [0.717, 1.165) is 11.4 Å². The van der Waals surface area contributed by atoms with Crippen LogP contribution in [0.15, 0.2) is 42.5 Å². The predicted octanol–water partition coefficient (Wildman–Crippen LogP) is 4.20. The van der Waals surface area contributed by atoms with E-state index < -0.39 is 0 Å². The van der Waals surface area contributed by atoms with E-state index in [0.29, 0.717) is 0 Å². The van der Waals surface area contributed by atoms with Gasteiger partial charge in [0.25, 0.3) is 0 Å². The summed E-state index contributed by atoms with van der Waals surface area (Å²) in [4.78, 5) is 0. The Morgan fingerprint density at radius 2 is 1.72 bits per heavy atom. The molecule has 1 unspecified atom stereocenters. The number of nitrogens with two attached hydrogens (primary N) is 1. The van der Waals surface area contributed by atoms with Crippen molar-refractivity contribution in [3.63, 3.8) is 0 Å². The van der Waals surface area contributed by atoms with Crippen LogP contribution in [0.5, 0.6) is 0 Å². The zero-order chi connectivity index (χ0) is 13.1. The topological polar surface area (TPSA) is 26.0 Å². The van der Waals surface area contributed by atoms with Crippen molar-refractivity contribution in [1.29, 1.82) is 0 Å². The fraction of sp³-hybridized carbons (Fsp3) is 0.250. The monoisotopic (exact) mass is 259 g/mol. The lowest BCUT2D eigenvalue weighted by molar-refractivity contribution is 0.715. The van der Waals surface area contributed by atoms with E-state index in [1.165, 1.54) is 22.3 Å². The van der Waals surface area contributed by atoms with Crippen molar-refractivity contribution in [2.45, 2.75) is 26.3 Å². The molecule has 0 radical (unpaired) electrons. The van der Waals surface area contributed by atoms with E-state index in [2.05, 4.69) is 32.0 Å². The van der Waals surface area contributed by atoms with E-state index in [-0.39, 0.29) is 6.04 Å². The minimum Gasteiger partial charge on any atom is -0.324 e. The van der Waals surface area contributed by atoms with Gasteiger partial charge in [0.05, 0.1) is 0 Å². The summed E-state index contributed by atoms with van der Waals surface area (Å²) in [6.45, 7) is 4.25. The van der Waals surface area contributed by atoms with Crippen LogP contribution in [-0.4, -0.2) is 0 Å². The fourth-order valence-corrected chi connectivity index (χ4v) is 2.29. The van der Waals surface area contributed by atoms with Gasteiger partial charge in [-0.25, -0.2) is 0 Å². The number of halogens is 1. The molecular weight excluding hydrogens is 242 g/mol. The van der Waals surface area contributed by atoms with Crippen LogP contribution < -0.4 is 5.73 Å². The minimum atomic E-state index is 0.0334. The second kappa shape index (κ2) is 5.55. The van der Waals surface area contributed by atoms with Gasteiger partial charge in [-0.3, -0.25) is 0 Å². The van der Waals surface area contributed by atoms with E-state index in [1.54, 1.807) is 0 Å². The molecule has 0 saturated heterocycles. The average molecular weight is 260 g/mol. The highest BCUT2D eigenvalue weighted by Gasteiger charge is 2.10. The van der Waals surface area contributed by atoms with Crippen LogP contribution in [0, 0.1) is 13.8 Å². The molecule has 0 saturated carbocycles. The molecule has 1 nitrogen and oxygen atoms in total. The Morgan fingerprint density at radius 1 is 1.06 bits per heavy atom. The Labute approximate surface area is 114 Å². The average Bonchev–Trinajstić information content (AvgIpc) is 2.35. The molecule has 0 fully saturated rings. The zero-order valence-electron chi connectivity index (χ0n) is 10.8. The van der Waals surface area contributed by atoms with Crippen molar-refractivity contribution in [1.82, 2.24) is 0 Å². The zero-order valence-corrected chi connectivity index (χ0v) is 11.5. The third kappa shape index (κ3) is 2.92. The first kappa shape index (κ1) is 13.1. The van der Waals surface area contributed by atoms with Gasteiger partial charge in [-0.2, -0.15) is 0 Å². The van der Waals surface area contributed by atoms with Gasteiger partial charge in [0, 0.05) is 11.1 Å². The molecule has 0 aliphatic carbocycles. The maximum Gasteiger partial charge on any atom is 0.0406 e. The van der Waals surface area contributed by atoms with Gasteiger partial charge in [0.1, 0.15) is 0 Å². The summed E-state index contributed by atoms with van der Waals surface area (Å²) in [5.74, 6) is 0. The number of hydrogen-bond donors (Lipinski definition) is 1. The second-order valence-corrected chi connectivity index (χ2v) is 5.16. The van der Waals surface area contributed by atoms with Gasteiger partial charge in [0.2, 0.25) is 0 Å². The van der Waals surface area contributed by atoms with Crippen LogP contribution in [0.25, 0.3) is 0 Å². The molecule has 0 heterocycles. The van der Waals surface area contributed by atoms with Crippen LogP contribution in [0.1, 0.15) is 28.3 Å². The first-order chi connectivity index (χ1) is 8.58. The number of benzene rings is 2. The third-order valence-electron chi connectivity index (χ3n) is 3.41. The van der Waals surface area contributed by atoms with Crippen LogP contribution in [-0.2, 0) is 6.42 Å². The molecule has 0 bridgehead atoms. The molecular formula is C16H18ClN. The molecule has 18 heavy (non-hydrogen) atoms. The SMILES string of the molecule is Cc1cccc(C(N)Cc2ccc(Cl)cc2)c1C. The molecule has 2 aromatic rings. The first-order valence-corrected chi connectivity index (χ1v) is 6.52. The number of hydrogen-bond acceptors (Lipinski definition) is 1. The van der Waals surface area contributed by atoms with Gasteiger partial charge in [-0.15, -0.1) is 0 Å². The van der Waals surface area contributed by atoms with E-state index >= 15 is 0 Å². The molecule has 2 N–H and O–H groups in total. The number of aryl methyl sites for hydroxylation is 1. The lowest BCUT2D eigenvalue weighted by atomic mass is 9.94. The molecule has 0 aliphatic rings. The van der Waals surface area contributed by atoms with E-state index in [9.17, 15) is 0 Å². The molecule has 1 atom stereocenters. The predicted molar refractivity (Wildman–Crippen MR) is 78.0 cm³/mol. The van der Waals surface area contributed by atoms with Crippen LogP contribution in [0.4, 0.5) is 0 Å². The van der Waals surface area contributed by atoms with Gasteiger partial charge >= 0.3 is 0 Å². The Bertz CT molecular complexity index is 531. The molecule has 0 amide bonds. The van der Waals surface area contributed by atoms with Crippen LogP contribution in [0.3, 0.4) is 0 Å². The summed E-state index contributed by atoms with van der Waals surface area (Å²) in [5, 5.41) is 0.763. The summed E-state index contributed by atoms with van der Waals surface area (Å²) in [7, 11) is 0. The van der Waals surface area contributed by atoms with Crippen LogP contribution in [0.2, 0.25) is 5.02 Å². The first-order valence-electron chi connectivity index (χ1n) is 6.14. The summed E-state index contributed by atoms with van der Waals surface area (Å²) < 4.78 is 0. The smallest absolute Gasteiger partial charge is 0.0406 e. The summed E-state index contributed by atoms with van der Waals surface area (Å²) in [5.41, 5.74) is 11.3. The van der Waals surface area contributed by atoms with Gasteiger partial charge in [-0.05, 0) is 54.7 Å². The normalized spacial score (nSPS) is 12.4. The third-order valence-corrected chi connectivity index (χ3v) is 3.67. The summed E-state index contributed by atoms with van der Waals surface area (Å²) in [6, 6.07) is 14.2. The highest BCUT2D eigenvalue weighted by atomic mass is 35.5. The van der Waals surface area contributed by atoms with Crippen molar-refractivity contribution in [2.75, 3.05) is 0 Å². The molecule has 2 rings (SSSR count). The maximum absolute atomic E-state index is 6.30.